The molecule has 3 heteroatoms. The number of thiazole rings is 1. The van der Waals surface area contributed by atoms with Crippen LogP contribution in [0.1, 0.15) is 21.7 Å². The predicted molar refractivity (Wildman–Crippen MR) is 89.0 cm³/mol. The number of benzene rings is 2. The minimum absolute atomic E-state index is 0.800. The summed E-state index contributed by atoms with van der Waals surface area (Å²) in [6, 6.07) is 8.52. The van der Waals surface area contributed by atoms with Gasteiger partial charge in [-0.05, 0) is 62.6 Å². The second-order valence-corrected chi connectivity index (χ2v) is 6.90. The summed E-state index contributed by atoms with van der Waals surface area (Å²) in [6.07, 6.45) is 0. The van der Waals surface area contributed by atoms with Crippen LogP contribution >= 0.6 is 22.9 Å². The van der Waals surface area contributed by atoms with Gasteiger partial charge in [0.05, 0.1) is 15.2 Å². The molecular formula is C17H16ClNS. The first-order valence-electron chi connectivity index (χ1n) is 6.61. The summed E-state index contributed by atoms with van der Waals surface area (Å²) in [4.78, 5) is 4.70. The molecule has 0 bridgehead atoms. The zero-order valence-corrected chi connectivity index (χ0v) is 13.6. The molecule has 0 fully saturated rings. The summed E-state index contributed by atoms with van der Waals surface area (Å²) in [7, 11) is 0. The molecule has 0 radical (unpaired) electrons. The number of halogens is 1. The number of rotatable bonds is 1. The maximum Gasteiger partial charge on any atom is 0.0908 e. The highest BCUT2D eigenvalue weighted by atomic mass is 35.5. The van der Waals surface area contributed by atoms with Crippen LogP contribution in [0.4, 0.5) is 0 Å². The lowest BCUT2D eigenvalue weighted by molar-refractivity contribution is 1.32. The fraction of sp³-hybridized carbons (Fsp3) is 0.235. The Hall–Kier alpha value is -1.38. The van der Waals surface area contributed by atoms with Gasteiger partial charge >= 0.3 is 0 Å². The summed E-state index contributed by atoms with van der Waals surface area (Å²) >= 11 is 8.22. The zero-order chi connectivity index (χ0) is 14.4. The van der Waals surface area contributed by atoms with E-state index in [1.807, 2.05) is 13.0 Å². The van der Waals surface area contributed by atoms with Crippen LogP contribution in [0.2, 0.25) is 5.02 Å². The molecule has 0 amide bonds. The van der Waals surface area contributed by atoms with E-state index < -0.39 is 0 Å². The standard InChI is InChI=1S/C17H16ClNS/c1-9-5-6-15-17(19-12(4)20-15)16(9)13-7-10(2)11(3)8-14(13)18/h5-8H,1-4H3. The molecule has 1 nitrogen and oxygen atoms in total. The van der Waals surface area contributed by atoms with Gasteiger partial charge in [0, 0.05) is 16.1 Å². The predicted octanol–water partition coefficient (Wildman–Crippen LogP) is 5.85. The number of hydrogen-bond donors (Lipinski definition) is 0. The van der Waals surface area contributed by atoms with Crippen LogP contribution in [0.5, 0.6) is 0 Å². The summed E-state index contributed by atoms with van der Waals surface area (Å²) in [5.41, 5.74) is 7.01. The van der Waals surface area contributed by atoms with Crippen molar-refractivity contribution in [2.24, 2.45) is 0 Å². The Labute approximate surface area is 128 Å². The first-order chi connectivity index (χ1) is 9.47. The van der Waals surface area contributed by atoms with Gasteiger partial charge in [-0.3, -0.25) is 0 Å². The Morgan fingerprint density at radius 1 is 0.950 bits per heavy atom. The minimum atomic E-state index is 0.800. The van der Waals surface area contributed by atoms with Crippen molar-refractivity contribution in [3.63, 3.8) is 0 Å². The van der Waals surface area contributed by atoms with Crippen molar-refractivity contribution in [3.8, 4) is 11.1 Å². The van der Waals surface area contributed by atoms with Crippen molar-refractivity contribution in [3.05, 3.63) is 51.0 Å². The second kappa shape index (κ2) is 4.87. The molecule has 3 aromatic rings. The van der Waals surface area contributed by atoms with Crippen molar-refractivity contribution in [2.75, 3.05) is 0 Å². The third-order valence-electron chi connectivity index (χ3n) is 3.73. The third kappa shape index (κ3) is 2.13. The SMILES string of the molecule is Cc1nc2c(-c3cc(C)c(C)cc3Cl)c(C)ccc2s1. The van der Waals surface area contributed by atoms with Crippen molar-refractivity contribution < 1.29 is 0 Å². The molecular weight excluding hydrogens is 286 g/mol. The quantitative estimate of drug-likeness (QED) is 0.549. The van der Waals surface area contributed by atoms with E-state index in [1.165, 1.54) is 27.0 Å². The Bertz CT molecular complexity index is 817. The Morgan fingerprint density at radius 2 is 1.65 bits per heavy atom. The number of fused-ring (bicyclic) bond motifs is 1. The molecule has 1 aromatic heterocycles. The van der Waals surface area contributed by atoms with Gasteiger partial charge in [-0.15, -0.1) is 11.3 Å². The molecule has 0 aliphatic heterocycles. The van der Waals surface area contributed by atoms with Crippen LogP contribution in [0.25, 0.3) is 21.3 Å². The van der Waals surface area contributed by atoms with Gasteiger partial charge in [0.2, 0.25) is 0 Å². The number of aromatic nitrogens is 1. The highest BCUT2D eigenvalue weighted by molar-refractivity contribution is 7.18. The van der Waals surface area contributed by atoms with Crippen molar-refractivity contribution in [1.82, 2.24) is 4.98 Å². The summed E-state index contributed by atoms with van der Waals surface area (Å²) in [5.74, 6) is 0. The molecule has 0 atom stereocenters. The number of aryl methyl sites for hydroxylation is 4. The minimum Gasteiger partial charge on any atom is -0.241 e. The molecule has 1 heterocycles. The topological polar surface area (TPSA) is 12.9 Å². The lowest BCUT2D eigenvalue weighted by Gasteiger charge is -2.12. The van der Waals surface area contributed by atoms with E-state index in [2.05, 4.69) is 39.0 Å². The van der Waals surface area contributed by atoms with Crippen molar-refractivity contribution in [2.45, 2.75) is 27.7 Å². The second-order valence-electron chi connectivity index (χ2n) is 5.25. The lowest BCUT2D eigenvalue weighted by atomic mass is 9.96. The van der Waals surface area contributed by atoms with Crippen LogP contribution in [-0.4, -0.2) is 4.98 Å². The van der Waals surface area contributed by atoms with Gasteiger partial charge in [0.1, 0.15) is 0 Å². The van der Waals surface area contributed by atoms with E-state index in [9.17, 15) is 0 Å². The molecule has 2 aromatic carbocycles. The number of nitrogens with zero attached hydrogens (tertiary/aromatic N) is 1. The Morgan fingerprint density at radius 3 is 2.40 bits per heavy atom. The van der Waals surface area contributed by atoms with Crippen LogP contribution in [-0.2, 0) is 0 Å². The fourth-order valence-electron chi connectivity index (χ4n) is 2.52. The van der Waals surface area contributed by atoms with Gasteiger partial charge < -0.3 is 0 Å². The van der Waals surface area contributed by atoms with Gasteiger partial charge in [-0.2, -0.15) is 0 Å². The average molecular weight is 302 g/mol. The molecule has 0 saturated carbocycles. The summed E-state index contributed by atoms with van der Waals surface area (Å²) in [5, 5.41) is 1.89. The average Bonchev–Trinajstić information content (AvgIpc) is 2.75. The molecule has 0 aliphatic carbocycles. The smallest absolute Gasteiger partial charge is 0.0908 e. The summed E-state index contributed by atoms with van der Waals surface area (Å²) < 4.78 is 1.22. The van der Waals surface area contributed by atoms with E-state index in [1.54, 1.807) is 11.3 Å². The molecule has 0 unspecified atom stereocenters. The van der Waals surface area contributed by atoms with Crippen LogP contribution in [0.15, 0.2) is 24.3 Å². The molecule has 102 valence electrons. The monoisotopic (exact) mass is 301 g/mol. The van der Waals surface area contributed by atoms with E-state index in [-0.39, 0.29) is 0 Å². The largest absolute Gasteiger partial charge is 0.241 e. The van der Waals surface area contributed by atoms with Gasteiger partial charge in [0.25, 0.3) is 0 Å². The maximum absolute atomic E-state index is 6.49. The third-order valence-corrected chi connectivity index (χ3v) is 4.98. The van der Waals surface area contributed by atoms with Gasteiger partial charge in [-0.1, -0.05) is 17.7 Å². The summed E-state index contributed by atoms with van der Waals surface area (Å²) in [6.45, 7) is 8.38. The van der Waals surface area contributed by atoms with E-state index in [4.69, 9.17) is 16.6 Å². The van der Waals surface area contributed by atoms with Crippen molar-refractivity contribution >= 4 is 33.2 Å². The number of hydrogen-bond acceptors (Lipinski definition) is 2. The highest BCUT2D eigenvalue weighted by Gasteiger charge is 2.14. The first kappa shape index (κ1) is 13.6. The van der Waals surface area contributed by atoms with Crippen molar-refractivity contribution in [1.29, 1.82) is 0 Å². The van der Waals surface area contributed by atoms with E-state index in [0.29, 0.717) is 0 Å². The fourth-order valence-corrected chi connectivity index (χ4v) is 3.67. The Balaban J connectivity index is 2.39. The molecule has 20 heavy (non-hydrogen) atoms. The molecule has 0 spiro atoms. The Kier molecular flexibility index (Phi) is 3.31. The van der Waals surface area contributed by atoms with Crippen LogP contribution in [0, 0.1) is 27.7 Å². The van der Waals surface area contributed by atoms with Crippen LogP contribution < -0.4 is 0 Å². The van der Waals surface area contributed by atoms with Crippen LogP contribution in [0.3, 0.4) is 0 Å². The molecule has 0 N–H and O–H groups in total. The van der Waals surface area contributed by atoms with E-state index in [0.717, 1.165) is 21.1 Å². The van der Waals surface area contributed by atoms with Gasteiger partial charge in [0.15, 0.2) is 0 Å². The molecule has 3 rings (SSSR count). The maximum atomic E-state index is 6.49. The zero-order valence-electron chi connectivity index (χ0n) is 12.0. The van der Waals surface area contributed by atoms with E-state index >= 15 is 0 Å². The molecule has 0 aliphatic rings. The lowest BCUT2D eigenvalue weighted by Crippen LogP contribution is -1.90. The first-order valence-corrected chi connectivity index (χ1v) is 7.80. The normalized spacial score (nSPS) is 11.2. The van der Waals surface area contributed by atoms with Gasteiger partial charge in [-0.25, -0.2) is 4.98 Å². The highest BCUT2D eigenvalue weighted by Crippen LogP contribution is 2.38. The molecule has 0 saturated heterocycles.